The molecule has 1 aromatic carbocycles. The highest BCUT2D eigenvalue weighted by Crippen LogP contribution is 2.20. The molecule has 0 fully saturated rings. The summed E-state index contributed by atoms with van der Waals surface area (Å²) >= 11 is 0. The largest absolute Gasteiger partial charge is 0.469 e. The van der Waals surface area contributed by atoms with Crippen molar-refractivity contribution in [2.24, 2.45) is 4.99 Å². The summed E-state index contributed by atoms with van der Waals surface area (Å²) in [5.41, 5.74) is -0.135. The molecule has 0 aliphatic carbocycles. The van der Waals surface area contributed by atoms with Gasteiger partial charge in [0.15, 0.2) is 5.96 Å². The van der Waals surface area contributed by atoms with Gasteiger partial charge in [-0.3, -0.25) is 0 Å². The number of unbranched alkanes of at least 4 members (excludes halogenated alkanes) is 1. The van der Waals surface area contributed by atoms with Gasteiger partial charge in [-0.1, -0.05) is 43.7 Å². The molecule has 0 amide bonds. The van der Waals surface area contributed by atoms with Crippen molar-refractivity contribution in [3.8, 4) is 0 Å². The molecule has 0 aliphatic rings. The van der Waals surface area contributed by atoms with Crippen LogP contribution >= 0.6 is 0 Å². The zero-order chi connectivity index (χ0) is 18.0. The minimum atomic E-state index is -0.998. The zero-order valence-corrected chi connectivity index (χ0v) is 15.2. The van der Waals surface area contributed by atoms with Crippen LogP contribution in [0, 0.1) is 0 Å². The number of hydrogen-bond acceptors (Lipinski definition) is 3. The van der Waals surface area contributed by atoms with Gasteiger partial charge >= 0.3 is 0 Å². The SMILES string of the molecule is CCCCNC(=NCC(C)(O)c1ccccc1)NCCc1ccco1. The average molecular weight is 343 g/mol. The number of aliphatic hydroxyl groups is 1. The summed E-state index contributed by atoms with van der Waals surface area (Å²) in [6.45, 7) is 5.82. The maximum absolute atomic E-state index is 10.7. The molecule has 1 heterocycles. The van der Waals surface area contributed by atoms with E-state index in [9.17, 15) is 5.11 Å². The van der Waals surface area contributed by atoms with Crippen LogP contribution in [0.3, 0.4) is 0 Å². The normalized spacial score (nSPS) is 14.1. The van der Waals surface area contributed by atoms with Crippen LogP contribution in [-0.4, -0.2) is 30.7 Å². The van der Waals surface area contributed by atoms with Crippen LogP contribution in [0.15, 0.2) is 58.1 Å². The van der Waals surface area contributed by atoms with Gasteiger partial charge in [0.2, 0.25) is 0 Å². The van der Waals surface area contributed by atoms with Crippen LogP contribution < -0.4 is 10.6 Å². The molecule has 1 atom stereocenters. The van der Waals surface area contributed by atoms with Crippen LogP contribution in [0.1, 0.15) is 38.0 Å². The molecule has 2 aromatic rings. The third-order valence-corrected chi connectivity index (χ3v) is 4.01. The Hall–Kier alpha value is -2.27. The van der Waals surface area contributed by atoms with Crippen molar-refractivity contribution in [1.82, 2.24) is 10.6 Å². The molecular weight excluding hydrogens is 314 g/mol. The fraction of sp³-hybridized carbons (Fsp3) is 0.450. The Balaban J connectivity index is 1.93. The first-order chi connectivity index (χ1) is 12.1. The molecule has 25 heavy (non-hydrogen) atoms. The van der Waals surface area contributed by atoms with Gasteiger partial charge in [0.25, 0.3) is 0 Å². The molecule has 0 aliphatic heterocycles. The Morgan fingerprint density at radius 3 is 2.56 bits per heavy atom. The predicted octanol–water partition coefficient (Wildman–Crippen LogP) is 3.07. The van der Waals surface area contributed by atoms with E-state index in [0.29, 0.717) is 6.54 Å². The second-order valence-corrected chi connectivity index (χ2v) is 6.34. The van der Waals surface area contributed by atoms with E-state index < -0.39 is 5.60 Å². The molecule has 3 N–H and O–H groups in total. The van der Waals surface area contributed by atoms with E-state index >= 15 is 0 Å². The van der Waals surface area contributed by atoms with Crippen molar-refractivity contribution in [3.63, 3.8) is 0 Å². The van der Waals surface area contributed by atoms with Gasteiger partial charge in [-0.05, 0) is 31.0 Å². The standard InChI is InChI=1S/C20H29N3O2/c1-3-4-13-21-19(22-14-12-18-11-8-15-25-18)23-16-20(2,24)17-9-6-5-7-10-17/h5-11,15,24H,3-4,12-14,16H2,1-2H3,(H2,21,22,23). The van der Waals surface area contributed by atoms with Gasteiger partial charge in [0.1, 0.15) is 11.4 Å². The number of rotatable bonds is 9. The van der Waals surface area contributed by atoms with E-state index in [4.69, 9.17) is 4.42 Å². The number of aliphatic imine (C=N–C) groups is 1. The van der Waals surface area contributed by atoms with Crippen LogP contribution in [0.2, 0.25) is 0 Å². The first kappa shape index (κ1) is 19.1. The average Bonchev–Trinajstić information content (AvgIpc) is 3.13. The summed E-state index contributed by atoms with van der Waals surface area (Å²) in [6.07, 6.45) is 4.67. The first-order valence-corrected chi connectivity index (χ1v) is 8.94. The molecule has 5 heteroatoms. The molecule has 0 saturated heterocycles. The highest BCUT2D eigenvalue weighted by atomic mass is 16.3. The number of nitrogens with zero attached hydrogens (tertiary/aromatic N) is 1. The smallest absolute Gasteiger partial charge is 0.191 e. The van der Waals surface area contributed by atoms with Gasteiger partial charge in [-0.15, -0.1) is 0 Å². The van der Waals surface area contributed by atoms with Gasteiger partial charge in [0.05, 0.1) is 12.8 Å². The number of nitrogens with one attached hydrogen (secondary N) is 2. The Morgan fingerprint density at radius 2 is 1.88 bits per heavy atom. The molecule has 0 radical (unpaired) electrons. The number of furan rings is 1. The summed E-state index contributed by atoms with van der Waals surface area (Å²) in [5, 5.41) is 17.3. The van der Waals surface area contributed by atoms with E-state index in [1.807, 2.05) is 42.5 Å². The topological polar surface area (TPSA) is 69.8 Å². The van der Waals surface area contributed by atoms with E-state index in [-0.39, 0.29) is 0 Å². The molecule has 136 valence electrons. The lowest BCUT2D eigenvalue weighted by molar-refractivity contribution is 0.0672. The van der Waals surface area contributed by atoms with Crippen molar-refractivity contribution in [1.29, 1.82) is 0 Å². The van der Waals surface area contributed by atoms with Gasteiger partial charge in [-0.2, -0.15) is 0 Å². The molecule has 1 unspecified atom stereocenters. The van der Waals surface area contributed by atoms with E-state index in [1.165, 1.54) is 0 Å². The monoisotopic (exact) mass is 343 g/mol. The Morgan fingerprint density at radius 1 is 1.12 bits per heavy atom. The predicted molar refractivity (Wildman–Crippen MR) is 102 cm³/mol. The van der Waals surface area contributed by atoms with Crippen LogP contribution in [0.5, 0.6) is 0 Å². The van der Waals surface area contributed by atoms with Gasteiger partial charge < -0.3 is 20.2 Å². The van der Waals surface area contributed by atoms with Crippen molar-refractivity contribution >= 4 is 5.96 Å². The van der Waals surface area contributed by atoms with Gasteiger partial charge in [0, 0.05) is 19.5 Å². The van der Waals surface area contributed by atoms with E-state index in [2.05, 4.69) is 22.5 Å². The summed E-state index contributed by atoms with van der Waals surface area (Å²) < 4.78 is 5.35. The molecule has 0 spiro atoms. The Bertz CT molecular complexity index is 622. The quantitative estimate of drug-likeness (QED) is 0.372. The molecule has 1 aromatic heterocycles. The third-order valence-electron chi connectivity index (χ3n) is 4.01. The number of benzene rings is 1. The Labute approximate surface area is 150 Å². The van der Waals surface area contributed by atoms with Gasteiger partial charge in [-0.25, -0.2) is 4.99 Å². The van der Waals surface area contributed by atoms with Crippen LogP contribution in [0.25, 0.3) is 0 Å². The summed E-state index contributed by atoms with van der Waals surface area (Å²) in [6, 6.07) is 13.5. The maximum Gasteiger partial charge on any atom is 0.191 e. The van der Waals surface area contributed by atoms with Crippen LogP contribution in [-0.2, 0) is 12.0 Å². The fourth-order valence-electron chi connectivity index (χ4n) is 2.44. The molecule has 0 saturated carbocycles. The summed E-state index contributed by atoms with van der Waals surface area (Å²) in [7, 11) is 0. The molecule has 2 rings (SSSR count). The number of guanidine groups is 1. The highest BCUT2D eigenvalue weighted by molar-refractivity contribution is 5.79. The zero-order valence-electron chi connectivity index (χ0n) is 15.2. The highest BCUT2D eigenvalue weighted by Gasteiger charge is 2.22. The van der Waals surface area contributed by atoms with E-state index in [0.717, 1.165) is 49.6 Å². The second-order valence-electron chi connectivity index (χ2n) is 6.34. The third kappa shape index (κ3) is 6.63. The lowest BCUT2D eigenvalue weighted by atomic mass is 9.96. The number of hydrogen-bond donors (Lipinski definition) is 3. The lowest BCUT2D eigenvalue weighted by Gasteiger charge is -2.22. The summed E-state index contributed by atoms with van der Waals surface area (Å²) in [5.74, 6) is 1.66. The lowest BCUT2D eigenvalue weighted by Crippen LogP contribution is -2.40. The molecular formula is C20H29N3O2. The van der Waals surface area contributed by atoms with Crippen molar-refractivity contribution < 1.29 is 9.52 Å². The van der Waals surface area contributed by atoms with E-state index in [1.54, 1.807) is 13.2 Å². The van der Waals surface area contributed by atoms with Crippen molar-refractivity contribution in [2.75, 3.05) is 19.6 Å². The molecule has 0 bridgehead atoms. The minimum absolute atomic E-state index is 0.291. The first-order valence-electron chi connectivity index (χ1n) is 8.94. The minimum Gasteiger partial charge on any atom is -0.469 e. The van der Waals surface area contributed by atoms with Crippen molar-refractivity contribution in [3.05, 3.63) is 60.1 Å². The van der Waals surface area contributed by atoms with Crippen molar-refractivity contribution in [2.45, 2.75) is 38.7 Å². The summed E-state index contributed by atoms with van der Waals surface area (Å²) in [4.78, 5) is 4.58. The fourth-order valence-corrected chi connectivity index (χ4v) is 2.44. The second kappa shape index (κ2) is 9.89. The molecule has 5 nitrogen and oxygen atoms in total. The maximum atomic E-state index is 10.7. The Kier molecular flexibility index (Phi) is 7.54. The van der Waals surface area contributed by atoms with Crippen LogP contribution in [0.4, 0.5) is 0 Å².